The van der Waals surface area contributed by atoms with E-state index in [9.17, 15) is 27.6 Å². The number of alkyl halides is 3. The number of amides is 2. The zero-order valence-corrected chi connectivity index (χ0v) is 21.3. The Morgan fingerprint density at radius 3 is 2.29 bits per heavy atom. The number of carbonyl (C=O) groups excluding carboxylic acids is 3. The summed E-state index contributed by atoms with van der Waals surface area (Å²) in [5.41, 5.74) is 0.613. The standard InChI is InChI=1S/C28H32F3N3O4/c1-2-38-27(37)21-5-3-4-20(16-21)26(36)34-14-12-19(13-15-34)18-6-9-23(10-7-18)33-25(35)22-8-11-24(32-17-22)28(29,30)31/h6-11,17,19-21H,2-5,12-16H2,1H3,(H,33,35)/t20-,21+/m0/s1. The fraction of sp³-hybridized carbons (Fsp3) is 0.500. The van der Waals surface area contributed by atoms with Gasteiger partial charge in [0.15, 0.2) is 0 Å². The first-order valence-electron chi connectivity index (χ1n) is 13.1. The molecular formula is C28H32F3N3O4. The van der Waals surface area contributed by atoms with Crippen LogP contribution in [-0.4, -0.2) is 47.4 Å². The highest BCUT2D eigenvalue weighted by Crippen LogP contribution is 2.34. The Hall–Kier alpha value is -3.43. The Balaban J connectivity index is 1.27. The second-order valence-corrected chi connectivity index (χ2v) is 9.92. The van der Waals surface area contributed by atoms with E-state index >= 15 is 0 Å². The molecule has 2 aromatic rings. The summed E-state index contributed by atoms with van der Waals surface area (Å²) in [5, 5.41) is 2.68. The predicted molar refractivity (Wildman–Crippen MR) is 134 cm³/mol. The van der Waals surface area contributed by atoms with Gasteiger partial charge >= 0.3 is 12.1 Å². The van der Waals surface area contributed by atoms with Crippen LogP contribution in [0.5, 0.6) is 0 Å². The maximum Gasteiger partial charge on any atom is 0.433 e. The van der Waals surface area contributed by atoms with Crippen molar-refractivity contribution in [2.45, 2.75) is 57.5 Å². The average molecular weight is 532 g/mol. The Morgan fingerprint density at radius 2 is 1.68 bits per heavy atom. The number of anilines is 1. The summed E-state index contributed by atoms with van der Waals surface area (Å²) >= 11 is 0. The number of pyridine rings is 1. The van der Waals surface area contributed by atoms with Gasteiger partial charge < -0.3 is 15.0 Å². The number of esters is 1. The number of ether oxygens (including phenoxy) is 1. The van der Waals surface area contributed by atoms with Crippen molar-refractivity contribution in [2.75, 3.05) is 25.0 Å². The molecule has 10 heteroatoms. The first-order chi connectivity index (χ1) is 18.2. The van der Waals surface area contributed by atoms with Crippen LogP contribution in [0.3, 0.4) is 0 Å². The zero-order chi connectivity index (χ0) is 27.3. The summed E-state index contributed by atoms with van der Waals surface area (Å²) in [6.45, 7) is 3.45. The molecule has 2 atom stereocenters. The molecule has 2 amide bonds. The van der Waals surface area contributed by atoms with E-state index in [2.05, 4.69) is 10.3 Å². The van der Waals surface area contributed by atoms with Crippen LogP contribution < -0.4 is 5.32 Å². The molecule has 1 aromatic heterocycles. The van der Waals surface area contributed by atoms with Gasteiger partial charge in [-0.05, 0) is 74.8 Å². The maximum absolute atomic E-state index is 13.1. The van der Waals surface area contributed by atoms with Gasteiger partial charge in [0, 0.05) is 30.9 Å². The van der Waals surface area contributed by atoms with Crippen molar-refractivity contribution in [1.29, 1.82) is 0 Å². The molecule has 38 heavy (non-hydrogen) atoms. The van der Waals surface area contributed by atoms with Gasteiger partial charge in [-0.3, -0.25) is 19.4 Å². The highest BCUT2D eigenvalue weighted by molar-refractivity contribution is 6.04. The summed E-state index contributed by atoms with van der Waals surface area (Å²) in [5.74, 6) is -0.643. The number of nitrogens with one attached hydrogen (secondary N) is 1. The van der Waals surface area contributed by atoms with E-state index in [1.165, 1.54) is 0 Å². The average Bonchev–Trinajstić information content (AvgIpc) is 2.93. The van der Waals surface area contributed by atoms with E-state index in [0.717, 1.165) is 56.0 Å². The second-order valence-electron chi connectivity index (χ2n) is 9.92. The molecule has 1 aliphatic carbocycles. The third kappa shape index (κ3) is 6.71. The summed E-state index contributed by atoms with van der Waals surface area (Å²) in [6.07, 6.45) is 1.00. The molecule has 0 unspecified atom stereocenters. The van der Waals surface area contributed by atoms with E-state index in [-0.39, 0.29) is 35.2 Å². The molecule has 2 heterocycles. The minimum atomic E-state index is -4.56. The Morgan fingerprint density at radius 1 is 1.00 bits per heavy atom. The lowest BCUT2D eigenvalue weighted by Crippen LogP contribution is -2.43. The third-order valence-electron chi connectivity index (χ3n) is 7.41. The Labute approximate surface area is 219 Å². The number of rotatable bonds is 6. The van der Waals surface area contributed by atoms with Crippen molar-refractivity contribution in [3.8, 4) is 0 Å². The van der Waals surface area contributed by atoms with E-state index in [4.69, 9.17) is 4.74 Å². The SMILES string of the molecule is CCOC(=O)[C@@H]1CCC[C@H](C(=O)N2CCC(c3ccc(NC(=O)c4ccc(C(F)(F)F)nc4)cc3)CC2)C1. The summed E-state index contributed by atoms with van der Waals surface area (Å²) < 4.78 is 43.2. The lowest BCUT2D eigenvalue weighted by Gasteiger charge is -2.36. The molecule has 1 saturated heterocycles. The maximum atomic E-state index is 13.1. The number of hydrogen-bond acceptors (Lipinski definition) is 5. The van der Waals surface area contributed by atoms with E-state index in [0.29, 0.717) is 31.8 Å². The molecule has 7 nitrogen and oxygen atoms in total. The molecule has 1 saturated carbocycles. The van der Waals surface area contributed by atoms with Crippen LogP contribution in [-0.2, 0) is 20.5 Å². The van der Waals surface area contributed by atoms with E-state index < -0.39 is 17.8 Å². The van der Waals surface area contributed by atoms with Crippen LogP contribution in [0, 0.1) is 11.8 Å². The molecule has 204 valence electrons. The van der Waals surface area contributed by atoms with Crippen LogP contribution in [0.1, 0.15) is 73.0 Å². The fourth-order valence-corrected chi connectivity index (χ4v) is 5.32. The van der Waals surface area contributed by atoms with Crippen molar-refractivity contribution in [3.05, 3.63) is 59.4 Å². The largest absolute Gasteiger partial charge is 0.466 e. The second kappa shape index (κ2) is 12.0. The Bertz CT molecular complexity index is 1130. The number of likely N-dealkylation sites (tertiary alicyclic amines) is 1. The molecule has 0 spiro atoms. The quantitative estimate of drug-likeness (QED) is 0.503. The lowest BCUT2D eigenvalue weighted by molar-refractivity contribution is -0.151. The highest BCUT2D eigenvalue weighted by atomic mass is 19.4. The van der Waals surface area contributed by atoms with Gasteiger partial charge in [0.05, 0.1) is 18.1 Å². The molecule has 1 aliphatic heterocycles. The van der Waals surface area contributed by atoms with Crippen molar-refractivity contribution in [1.82, 2.24) is 9.88 Å². The van der Waals surface area contributed by atoms with Crippen molar-refractivity contribution >= 4 is 23.5 Å². The van der Waals surface area contributed by atoms with Gasteiger partial charge in [-0.2, -0.15) is 13.2 Å². The van der Waals surface area contributed by atoms with Gasteiger partial charge in [0.1, 0.15) is 5.69 Å². The lowest BCUT2D eigenvalue weighted by atomic mass is 9.80. The Kier molecular flexibility index (Phi) is 8.69. The van der Waals surface area contributed by atoms with Gasteiger partial charge in [-0.1, -0.05) is 18.6 Å². The van der Waals surface area contributed by atoms with Crippen LogP contribution >= 0.6 is 0 Å². The molecule has 2 aliphatic rings. The van der Waals surface area contributed by atoms with Crippen molar-refractivity contribution in [3.63, 3.8) is 0 Å². The first-order valence-corrected chi connectivity index (χ1v) is 13.1. The van der Waals surface area contributed by atoms with E-state index in [1.54, 1.807) is 19.1 Å². The first kappa shape index (κ1) is 27.6. The number of carbonyl (C=O) groups is 3. The predicted octanol–water partition coefficient (Wildman–Crippen LogP) is 5.43. The molecule has 0 radical (unpaired) electrons. The van der Waals surface area contributed by atoms with Gasteiger partial charge in [-0.25, -0.2) is 0 Å². The van der Waals surface area contributed by atoms with E-state index in [1.807, 2.05) is 17.0 Å². The number of benzene rings is 1. The molecule has 1 aromatic carbocycles. The minimum absolute atomic E-state index is 0.0330. The molecule has 4 rings (SSSR count). The highest BCUT2D eigenvalue weighted by Gasteiger charge is 2.35. The van der Waals surface area contributed by atoms with Crippen LogP contribution in [0.2, 0.25) is 0 Å². The number of halogens is 3. The minimum Gasteiger partial charge on any atom is -0.466 e. The van der Waals surface area contributed by atoms with Crippen LogP contribution in [0.4, 0.5) is 18.9 Å². The smallest absolute Gasteiger partial charge is 0.433 e. The fourth-order valence-electron chi connectivity index (χ4n) is 5.32. The monoisotopic (exact) mass is 531 g/mol. The van der Waals surface area contributed by atoms with Crippen LogP contribution in [0.25, 0.3) is 0 Å². The molecule has 2 fully saturated rings. The summed E-state index contributed by atoms with van der Waals surface area (Å²) in [6, 6.07) is 9.25. The van der Waals surface area contributed by atoms with Crippen molar-refractivity contribution < 1.29 is 32.3 Å². The molecule has 0 bridgehead atoms. The summed E-state index contributed by atoms with van der Waals surface area (Å²) in [7, 11) is 0. The van der Waals surface area contributed by atoms with Crippen molar-refractivity contribution in [2.24, 2.45) is 11.8 Å². The zero-order valence-electron chi connectivity index (χ0n) is 21.3. The molecular weight excluding hydrogens is 499 g/mol. The number of aromatic nitrogens is 1. The van der Waals surface area contributed by atoms with Gasteiger partial charge in [0.25, 0.3) is 5.91 Å². The number of nitrogens with zero attached hydrogens (tertiary/aromatic N) is 2. The van der Waals surface area contributed by atoms with Gasteiger partial charge in [-0.15, -0.1) is 0 Å². The number of piperidine rings is 1. The molecule has 1 N–H and O–H groups in total. The van der Waals surface area contributed by atoms with Gasteiger partial charge in [0.2, 0.25) is 5.91 Å². The van der Waals surface area contributed by atoms with Crippen LogP contribution in [0.15, 0.2) is 42.6 Å². The normalized spacial score (nSPS) is 20.6. The summed E-state index contributed by atoms with van der Waals surface area (Å²) in [4.78, 5) is 42.9. The third-order valence-corrected chi connectivity index (χ3v) is 7.41. The topological polar surface area (TPSA) is 88.6 Å². The number of hydrogen-bond donors (Lipinski definition) is 1.